The van der Waals surface area contributed by atoms with Gasteiger partial charge in [-0.3, -0.25) is 0 Å². The largest absolute Gasteiger partial charge is 0.308 e. The average molecular weight is 477 g/mol. The predicted molar refractivity (Wildman–Crippen MR) is 157 cm³/mol. The maximum Gasteiger partial charge on any atom is 0.0109 e. The summed E-state index contributed by atoms with van der Waals surface area (Å²) in [6.07, 6.45) is 36.9. The molecule has 0 radical (unpaired) electrons. The Morgan fingerprint density at radius 2 is 0.824 bits per heavy atom. The minimum Gasteiger partial charge on any atom is -0.308 e. The molecule has 0 fully saturated rings. The average Bonchev–Trinajstić information content (AvgIpc) is 2.83. The van der Waals surface area contributed by atoms with Gasteiger partial charge in [-0.25, -0.2) is 0 Å². The van der Waals surface area contributed by atoms with Crippen LogP contribution < -0.4 is 0 Å². The van der Waals surface area contributed by atoms with Crippen molar-refractivity contribution in [1.29, 1.82) is 0 Å². The first-order chi connectivity index (χ1) is 16.7. The van der Waals surface area contributed by atoms with E-state index in [9.17, 15) is 0 Å². The molecule has 0 aromatic heterocycles. The molecule has 0 spiro atoms. The van der Waals surface area contributed by atoms with E-state index >= 15 is 0 Å². The van der Waals surface area contributed by atoms with Gasteiger partial charge >= 0.3 is 0 Å². The van der Waals surface area contributed by atoms with Gasteiger partial charge in [-0.1, -0.05) is 122 Å². The van der Waals surface area contributed by atoms with Crippen LogP contribution in [0.4, 0.5) is 0 Å². The molecule has 0 aliphatic rings. The molecule has 2 nitrogen and oxygen atoms in total. The minimum absolute atomic E-state index is 1.12. The molecule has 202 valence electrons. The van der Waals surface area contributed by atoms with E-state index in [-0.39, 0.29) is 0 Å². The maximum atomic E-state index is 2.74. The topological polar surface area (TPSA) is 6.48 Å². The van der Waals surface area contributed by atoms with Gasteiger partial charge in [-0.2, -0.15) is 0 Å². The van der Waals surface area contributed by atoms with Gasteiger partial charge in [-0.05, 0) is 72.1 Å². The van der Waals surface area contributed by atoms with Crippen molar-refractivity contribution < 1.29 is 0 Å². The number of hydrogen-bond donors (Lipinski definition) is 0. The lowest BCUT2D eigenvalue weighted by atomic mass is 10.1. The third-order valence-electron chi connectivity index (χ3n) is 6.87. The van der Waals surface area contributed by atoms with Gasteiger partial charge in [0, 0.05) is 13.1 Å². The molecule has 0 rings (SSSR count). The van der Waals surface area contributed by atoms with Gasteiger partial charge in [0.25, 0.3) is 0 Å². The molecule has 0 saturated carbocycles. The van der Waals surface area contributed by atoms with E-state index in [1.807, 2.05) is 0 Å². The van der Waals surface area contributed by atoms with E-state index < -0.39 is 0 Å². The normalized spacial score (nSPS) is 12.3. The van der Waals surface area contributed by atoms with Gasteiger partial charge in [0.2, 0.25) is 0 Å². The molecule has 0 bridgehead atoms. The highest BCUT2D eigenvalue weighted by molar-refractivity contribution is 4.92. The molecular weight excluding hydrogens is 412 g/mol. The Morgan fingerprint density at radius 3 is 1.32 bits per heavy atom. The Hall–Kier alpha value is -0.600. The van der Waals surface area contributed by atoms with Gasteiger partial charge in [0.05, 0.1) is 0 Å². The van der Waals surface area contributed by atoms with Crippen LogP contribution in [0.15, 0.2) is 24.3 Å². The molecule has 0 aromatic rings. The highest BCUT2D eigenvalue weighted by Crippen LogP contribution is 2.11. The standard InChI is InChI=1S/C32H64N2/c1-5-7-9-11-13-15-16-17-18-19-20-21-22-24-26-28-30-34(32-31-33(3)4)29-27-25-23-14-12-10-8-6-2/h13,15,17-18H,5-12,14,16,19-32H2,1-4H3/b15-13-,18-17-. The molecule has 0 N–H and O–H groups in total. The van der Waals surface area contributed by atoms with Crippen LogP contribution in [0.25, 0.3) is 0 Å². The van der Waals surface area contributed by atoms with Crippen LogP contribution in [-0.2, 0) is 0 Å². The molecule has 0 heterocycles. The summed E-state index contributed by atoms with van der Waals surface area (Å²) in [4.78, 5) is 5.07. The van der Waals surface area contributed by atoms with Crippen molar-refractivity contribution in [3.8, 4) is 0 Å². The van der Waals surface area contributed by atoms with E-state index in [2.05, 4.69) is 62.0 Å². The summed E-state index contributed by atoms with van der Waals surface area (Å²) < 4.78 is 0. The zero-order valence-electron chi connectivity index (χ0n) is 24.2. The summed E-state index contributed by atoms with van der Waals surface area (Å²) in [5.41, 5.74) is 0. The van der Waals surface area contributed by atoms with Crippen molar-refractivity contribution in [2.75, 3.05) is 40.3 Å². The lowest BCUT2D eigenvalue weighted by Crippen LogP contribution is -2.33. The fourth-order valence-electron chi connectivity index (χ4n) is 4.47. The first-order valence-electron chi connectivity index (χ1n) is 15.4. The summed E-state index contributed by atoms with van der Waals surface area (Å²) in [5.74, 6) is 0. The zero-order valence-corrected chi connectivity index (χ0v) is 24.2. The first-order valence-corrected chi connectivity index (χ1v) is 15.4. The van der Waals surface area contributed by atoms with Crippen molar-refractivity contribution in [2.24, 2.45) is 0 Å². The summed E-state index contributed by atoms with van der Waals surface area (Å²) in [5, 5.41) is 0. The van der Waals surface area contributed by atoms with E-state index in [1.54, 1.807) is 0 Å². The molecule has 2 heteroatoms. The fourth-order valence-corrected chi connectivity index (χ4v) is 4.47. The minimum atomic E-state index is 1.12. The van der Waals surface area contributed by atoms with Crippen LogP contribution in [0, 0.1) is 0 Å². The van der Waals surface area contributed by atoms with Gasteiger partial charge in [-0.15, -0.1) is 0 Å². The lowest BCUT2D eigenvalue weighted by molar-refractivity contribution is 0.231. The van der Waals surface area contributed by atoms with Crippen LogP contribution in [0.1, 0.15) is 142 Å². The molecule has 0 aliphatic heterocycles. The van der Waals surface area contributed by atoms with Crippen LogP contribution in [0.3, 0.4) is 0 Å². The highest BCUT2D eigenvalue weighted by atomic mass is 15.2. The van der Waals surface area contributed by atoms with Gasteiger partial charge in [0.15, 0.2) is 0 Å². The van der Waals surface area contributed by atoms with Crippen LogP contribution in [0.5, 0.6) is 0 Å². The summed E-state index contributed by atoms with van der Waals surface area (Å²) in [6, 6.07) is 0. The molecule has 0 amide bonds. The van der Waals surface area contributed by atoms with Crippen molar-refractivity contribution in [3.63, 3.8) is 0 Å². The monoisotopic (exact) mass is 477 g/mol. The molecule has 0 aliphatic carbocycles. The molecule has 0 atom stereocenters. The number of unbranched alkanes of at least 4 members (excludes halogenated alkanes) is 16. The second-order valence-electron chi connectivity index (χ2n) is 10.7. The SMILES string of the molecule is CCCCC/C=C\C/C=C\CCCCCCCCN(CCCCCCCCCC)CCN(C)C. The number of hydrogen-bond acceptors (Lipinski definition) is 2. The summed E-state index contributed by atoms with van der Waals surface area (Å²) in [6.45, 7) is 9.62. The van der Waals surface area contributed by atoms with Crippen LogP contribution in [-0.4, -0.2) is 50.1 Å². The first kappa shape index (κ1) is 33.4. The summed E-state index contributed by atoms with van der Waals surface area (Å²) >= 11 is 0. The van der Waals surface area contributed by atoms with E-state index in [1.165, 1.54) is 148 Å². The Labute approximate surface area is 216 Å². The molecular formula is C32H64N2. The Morgan fingerprint density at radius 1 is 0.412 bits per heavy atom. The molecule has 0 saturated heterocycles. The summed E-state index contributed by atoms with van der Waals surface area (Å²) in [7, 11) is 4.41. The Bertz CT molecular complexity index is 427. The third-order valence-corrected chi connectivity index (χ3v) is 6.87. The number of rotatable bonds is 27. The number of likely N-dealkylation sites (N-methyl/N-ethyl adjacent to an activating group) is 1. The fraction of sp³-hybridized carbons (Fsp3) is 0.875. The van der Waals surface area contributed by atoms with Crippen LogP contribution in [0.2, 0.25) is 0 Å². The molecule has 0 aromatic carbocycles. The lowest BCUT2D eigenvalue weighted by Gasteiger charge is -2.24. The number of nitrogens with zero attached hydrogens (tertiary/aromatic N) is 2. The van der Waals surface area contributed by atoms with Gasteiger partial charge in [0.1, 0.15) is 0 Å². The van der Waals surface area contributed by atoms with E-state index in [4.69, 9.17) is 0 Å². The Balaban J connectivity index is 3.65. The molecule has 0 unspecified atom stereocenters. The van der Waals surface area contributed by atoms with Crippen LogP contribution >= 0.6 is 0 Å². The second-order valence-corrected chi connectivity index (χ2v) is 10.7. The molecule has 34 heavy (non-hydrogen) atoms. The smallest absolute Gasteiger partial charge is 0.0109 e. The van der Waals surface area contributed by atoms with Crippen molar-refractivity contribution in [1.82, 2.24) is 9.80 Å². The maximum absolute atomic E-state index is 2.74. The second kappa shape index (κ2) is 28.6. The predicted octanol–water partition coefficient (Wildman–Crippen LogP) is 9.80. The van der Waals surface area contributed by atoms with E-state index in [0.717, 1.165) is 6.42 Å². The zero-order chi connectivity index (χ0) is 25.0. The highest BCUT2D eigenvalue weighted by Gasteiger charge is 2.05. The van der Waals surface area contributed by atoms with Crippen molar-refractivity contribution >= 4 is 0 Å². The van der Waals surface area contributed by atoms with Crippen molar-refractivity contribution in [2.45, 2.75) is 142 Å². The van der Waals surface area contributed by atoms with E-state index in [0.29, 0.717) is 0 Å². The Kier molecular flexibility index (Phi) is 28.1. The van der Waals surface area contributed by atoms with Gasteiger partial charge < -0.3 is 9.80 Å². The third kappa shape index (κ3) is 27.6. The quantitative estimate of drug-likeness (QED) is 0.0859. The van der Waals surface area contributed by atoms with Crippen molar-refractivity contribution in [3.05, 3.63) is 24.3 Å². The number of allylic oxidation sites excluding steroid dienone is 4.